The van der Waals surface area contributed by atoms with Crippen molar-refractivity contribution in [1.82, 2.24) is 5.32 Å². The number of ether oxygens (including phenoxy) is 1. The summed E-state index contributed by atoms with van der Waals surface area (Å²) in [4.78, 5) is 0. The van der Waals surface area contributed by atoms with E-state index in [1.165, 1.54) is 18.9 Å². The van der Waals surface area contributed by atoms with Gasteiger partial charge in [0.25, 0.3) is 0 Å². The van der Waals surface area contributed by atoms with E-state index in [-0.39, 0.29) is 17.3 Å². The lowest BCUT2D eigenvalue weighted by atomic mass is 9.71. The van der Waals surface area contributed by atoms with Crippen LogP contribution in [0, 0.1) is 18.2 Å². The van der Waals surface area contributed by atoms with Crippen LogP contribution >= 0.6 is 0 Å². The van der Waals surface area contributed by atoms with Crippen LogP contribution in [0.5, 0.6) is 5.75 Å². The first kappa shape index (κ1) is 16.3. The lowest BCUT2D eigenvalue weighted by Gasteiger charge is -2.44. The fourth-order valence-electron chi connectivity index (χ4n) is 3.28. The molecule has 2 unspecified atom stereocenters. The molecule has 0 bridgehead atoms. The van der Waals surface area contributed by atoms with Crippen molar-refractivity contribution in [2.24, 2.45) is 5.41 Å². The van der Waals surface area contributed by atoms with E-state index in [9.17, 15) is 4.39 Å². The molecule has 21 heavy (non-hydrogen) atoms. The Morgan fingerprint density at radius 1 is 1.38 bits per heavy atom. The topological polar surface area (TPSA) is 21.3 Å². The smallest absolute Gasteiger partial charge is 0.126 e. The molecule has 0 amide bonds. The molecule has 2 nitrogen and oxygen atoms in total. The van der Waals surface area contributed by atoms with Crippen molar-refractivity contribution in [1.29, 1.82) is 0 Å². The van der Waals surface area contributed by atoms with Gasteiger partial charge in [-0.2, -0.15) is 0 Å². The first-order chi connectivity index (χ1) is 9.94. The van der Waals surface area contributed by atoms with Crippen molar-refractivity contribution in [3.05, 3.63) is 29.6 Å². The Kier molecular flexibility index (Phi) is 5.26. The molecule has 1 aliphatic carbocycles. The third-order valence-corrected chi connectivity index (χ3v) is 4.55. The first-order valence-corrected chi connectivity index (χ1v) is 8.10. The number of hydrogen-bond donors (Lipinski definition) is 1. The van der Waals surface area contributed by atoms with Gasteiger partial charge in [-0.15, -0.1) is 0 Å². The fourth-order valence-corrected chi connectivity index (χ4v) is 3.28. The molecule has 2 rings (SSSR count). The SMILES string of the molecule is CCCNC1C(Oc2ccc(F)c(C)c2)CCCC1(C)C. The predicted octanol–water partition coefficient (Wildman–Crippen LogP) is 4.46. The molecular formula is C18H28FNO. The molecule has 2 atom stereocenters. The van der Waals surface area contributed by atoms with E-state index >= 15 is 0 Å². The average Bonchev–Trinajstić information content (AvgIpc) is 2.42. The Bertz CT molecular complexity index is 472. The molecule has 0 spiro atoms. The molecule has 0 heterocycles. The zero-order valence-electron chi connectivity index (χ0n) is 13.7. The molecular weight excluding hydrogens is 265 g/mol. The molecule has 0 radical (unpaired) electrons. The van der Waals surface area contributed by atoms with Crippen LogP contribution in [0.3, 0.4) is 0 Å². The zero-order chi connectivity index (χ0) is 15.5. The van der Waals surface area contributed by atoms with Gasteiger partial charge in [-0.1, -0.05) is 20.8 Å². The van der Waals surface area contributed by atoms with Crippen LogP contribution in [-0.2, 0) is 0 Å². The molecule has 1 saturated carbocycles. The minimum Gasteiger partial charge on any atom is -0.489 e. The number of nitrogens with one attached hydrogen (secondary N) is 1. The van der Waals surface area contributed by atoms with E-state index in [2.05, 4.69) is 26.1 Å². The number of halogens is 1. The maximum Gasteiger partial charge on any atom is 0.126 e. The second kappa shape index (κ2) is 6.78. The number of benzene rings is 1. The molecule has 3 heteroatoms. The van der Waals surface area contributed by atoms with Crippen LogP contribution in [0.4, 0.5) is 4.39 Å². The molecule has 1 aliphatic rings. The number of hydrogen-bond acceptors (Lipinski definition) is 2. The van der Waals surface area contributed by atoms with Crippen LogP contribution < -0.4 is 10.1 Å². The van der Waals surface area contributed by atoms with Gasteiger partial charge in [-0.25, -0.2) is 4.39 Å². The van der Waals surface area contributed by atoms with Gasteiger partial charge in [0.15, 0.2) is 0 Å². The summed E-state index contributed by atoms with van der Waals surface area (Å²) in [6, 6.07) is 5.37. The van der Waals surface area contributed by atoms with Crippen molar-refractivity contribution in [3.63, 3.8) is 0 Å². The first-order valence-electron chi connectivity index (χ1n) is 8.10. The zero-order valence-corrected chi connectivity index (χ0v) is 13.7. The van der Waals surface area contributed by atoms with E-state index in [0.717, 1.165) is 25.1 Å². The largest absolute Gasteiger partial charge is 0.489 e. The molecule has 0 saturated heterocycles. The third-order valence-electron chi connectivity index (χ3n) is 4.55. The highest BCUT2D eigenvalue weighted by Gasteiger charge is 2.39. The van der Waals surface area contributed by atoms with E-state index in [0.29, 0.717) is 11.6 Å². The van der Waals surface area contributed by atoms with Crippen LogP contribution in [0.1, 0.15) is 52.0 Å². The van der Waals surface area contributed by atoms with Gasteiger partial charge < -0.3 is 10.1 Å². The van der Waals surface area contributed by atoms with Gasteiger partial charge in [0.1, 0.15) is 17.7 Å². The number of rotatable bonds is 5. The summed E-state index contributed by atoms with van der Waals surface area (Å²) in [5.41, 5.74) is 0.869. The second-order valence-corrected chi connectivity index (χ2v) is 6.88. The van der Waals surface area contributed by atoms with Crippen LogP contribution in [-0.4, -0.2) is 18.7 Å². The van der Waals surface area contributed by atoms with Crippen LogP contribution in [0.25, 0.3) is 0 Å². The lowest BCUT2D eigenvalue weighted by Crippen LogP contribution is -2.54. The quantitative estimate of drug-likeness (QED) is 0.865. The molecule has 1 aromatic rings. The summed E-state index contributed by atoms with van der Waals surface area (Å²) in [6.07, 6.45) is 4.74. The standard InChI is InChI=1S/C18H28FNO/c1-5-11-20-17-16(7-6-10-18(17,3)4)21-14-8-9-15(19)13(2)12-14/h8-9,12,16-17,20H,5-7,10-11H2,1-4H3. The highest BCUT2D eigenvalue weighted by Crippen LogP contribution is 2.37. The Hall–Kier alpha value is -1.09. The molecule has 1 fully saturated rings. The summed E-state index contributed by atoms with van der Waals surface area (Å²) >= 11 is 0. The highest BCUT2D eigenvalue weighted by molar-refractivity contribution is 5.29. The van der Waals surface area contributed by atoms with Crippen LogP contribution in [0.15, 0.2) is 18.2 Å². The van der Waals surface area contributed by atoms with Gasteiger partial charge in [-0.3, -0.25) is 0 Å². The minimum absolute atomic E-state index is 0.158. The summed E-state index contributed by atoms with van der Waals surface area (Å²) in [6.45, 7) is 9.59. The van der Waals surface area contributed by atoms with Gasteiger partial charge in [0, 0.05) is 6.04 Å². The van der Waals surface area contributed by atoms with E-state index < -0.39 is 0 Å². The van der Waals surface area contributed by atoms with Crippen molar-refractivity contribution >= 4 is 0 Å². The van der Waals surface area contributed by atoms with Gasteiger partial charge in [0.05, 0.1) is 0 Å². The maximum absolute atomic E-state index is 13.4. The Morgan fingerprint density at radius 2 is 2.14 bits per heavy atom. The van der Waals surface area contributed by atoms with Gasteiger partial charge >= 0.3 is 0 Å². The summed E-state index contributed by atoms with van der Waals surface area (Å²) in [5, 5.41) is 3.66. The average molecular weight is 293 g/mol. The summed E-state index contributed by atoms with van der Waals surface area (Å²) in [7, 11) is 0. The van der Waals surface area contributed by atoms with E-state index in [1.54, 1.807) is 19.1 Å². The normalized spacial score (nSPS) is 24.8. The maximum atomic E-state index is 13.4. The molecule has 1 N–H and O–H groups in total. The number of aryl methyl sites for hydroxylation is 1. The second-order valence-electron chi connectivity index (χ2n) is 6.88. The van der Waals surface area contributed by atoms with Crippen LogP contribution in [0.2, 0.25) is 0 Å². The van der Waals surface area contributed by atoms with Crippen molar-refractivity contribution < 1.29 is 9.13 Å². The molecule has 0 aliphatic heterocycles. The molecule has 118 valence electrons. The van der Waals surface area contributed by atoms with E-state index in [1.807, 2.05) is 0 Å². The predicted molar refractivity (Wildman–Crippen MR) is 85.3 cm³/mol. The van der Waals surface area contributed by atoms with Gasteiger partial charge in [-0.05, 0) is 68.3 Å². The minimum atomic E-state index is -0.174. The highest BCUT2D eigenvalue weighted by atomic mass is 19.1. The Balaban J connectivity index is 2.12. The lowest BCUT2D eigenvalue weighted by molar-refractivity contribution is 0.0364. The summed E-state index contributed by atoms with van der Waals surface area (Å²) in [5.74, 6) is 0.604. The summed E-state index contributed by atoms with van der Waals surface area (Å²) < 4.78 is 19.6. The monoisotopic (exact) mass is 293 g/mol. The van der Waals surface area contributed by atoms with Crippen molar-refractivity contribution in [2.45, 2.75) is 65.5 Å². The molecule has 0 aromatic heterocycles. The van der Waals surface area contributed by atoms with Crippen molar-refractivity contribution in [3.8, 4) is 5.75 Å². The Morgan fingerprint density at radius 3 is 2.81 bits per heavy atom. The third kappa shape index (κ3) is 3.97. The molecule has 1 aromatic carbocycles. The van der Waals surface area contributed by atoms with E-state index in [4.69, 9.17) is 4.74 Å². The fraction of sp³-hybridized carbons (Fsp3) is 0.667. The van der Waals surface area contributed by atoms with Crippen molar-refractivity contribution in [2.75, 3.05) is 6.54 Å². The van der Waals surface area contributed by atoms with Gasteiger partial charge in [0.2, 0.25) is 0 Å². The Labute approximate surface area is 128 Å².